The van der Waals surface area contributed by atoms with E-state index in [2.05, 4.69) is 54.8 Å². The first kappa shape index (κ1) is 13.7. The lowest BCUT2D eigenvalue weighted by molar-refractivity contribution is 0.629. The maximum atomic E-state index is 4.56. The fourth-order valence-electron chi connectivity index (χ4n) is 1.65. The van der Waals surface area contributed by atoms with Crippen LogP contribution in [-0.4, -0.2) is 28.6 Å². The second kappa shape index (κ2) is 5.34. The lowest BCUT2D eigenvalue weighted by Crippen LogP contribution is -2.29. The third kappa shape index (κ3) is 4.21. The van der Waals surface area contributed by atoms with Crippen LogP contribution in [0.15, 0.2) is 6.07 Å². The Morgan fingerprint density at radius 2 is 1.76 bits per heavy atom. The zero-order chi connectivity index (χ0) is 13.1. The standard InChI is InChI=1S/C13H24N4/c1-7-17(8-2)12-14-10(3)9-11(15-12)16-13(4,5)6/h9H,7-8H2,1-6H3,(H,14,15,16). The van der Waals surface area contributed by atoms with Crippen LogP contribution in [0.3, 0.4) is 0 Å². The maximum absolute atomic E-state index is 4.56. The van der Waals surface area contributed by atoms with Crippen LogP contribution < -0.4 is 10.2 Å². The Hall–Kier alpha value is -1.32. The number of hydrogen-bond donors (Lipinski definition) is 1. The lowest BCUT2D eigenvalue weighted by atomic mass is 10.1. The summed E-state index contributed by atoms with van der Waals surface area (Å²) >= 11 is 0. The Labute approximate surface area is 104 Å². The van der Waals surface area contributed by atoms with Gasteiger partial charge in [0.15, 0.2) is 0 Å². The normalized spacial score (nSPS) is 11.4. The first-order valence-corrected chi connectivity index (χ1v) is 6.24. The molecule has 0 aliphatic carbocycles. The molecule has 0 aromatic carbocycles. The minimum Gasteiger partial charge on any atom is -0.365 e. The molecule has 0 spiro atoms. The summed E-state index contributed by atoms with van der Waals surface area (Å²) < 4.78 is 0. The van der Waals surface area contributed by atoms with Crippen LogP contribution in [0.5, 0.6) is 0 Å². The SMILES string of the molecule is CCN(CC)c1nc(C)cc(NC(C)(C)C)n1. The van der Waals surface area contributed by atoms with E-state index in [1.165, 1.54) is 0 Å². The highest BCUT2D eigenvalue weighted by atomic mass is 15.3. The van der Waals surface area contributed by atoms with Crippen LogP contribution in [0.1, 0.15) is 40.3 Å². The van der Waals surface area contributed by atoms with Crippen molar-refractivity contribution in [2.45, 2.75) is 47.1 Å². The Morgan fingerprint density at radius 1 is 1.18 bits per heavy atom. The second-order valence-electron chi connectivity index (χ2n) is 5.24. The van der Waals surface area contributed by atoms with Crippen LogP contribution >= 0.6 is 0 Å². The summed E-state index contributed by atoms with van der Waals surface area (Å²) in [7, 11) is 0. The Morgan fingerprint density at radius 3 is 2.24 bits per heavy atom. The van der Waals surface area contributed by atoms with Crippen molar-refractivity contribution in [1.29, 1.82) is 0 Å². The van der Waals surface area contributed by atoms with Crippen molar-refractivity contribution in [3.63, 3.8) is 0 Å². The number of rotatable bonds is 4. The monoisotopic (exact) mass is 236 g/mol. The molecule has 0 saturated carbocycles. The summed E-state index contributed by atoms with van der Waals surface area (Å²) in [6, 6.07) is 1.98. The molecule has 1 aromatic rings. The minimum absolute atomic E-state index is 0.0152. The highest BCUT2D eigenvalue weighted by Crippen LogP contribution is 2.17. The summed E-state index contributed by atoms with van der Waals surface area (Å²) in [6.45, 7) is 14.5. The predicted octanol–water partition coefficient (Wildman–Crippen LogP) is 2.84. The van der Waals surface area contributed by atoms with Gasteiger partial charge in [-0.05, 0) is 41.5 Å². The number of anilines is 2. The fraction of sp³-hybridized carbons (Fsp3) is 0.692. The molecule has 0 amide bonds. The fourth-order valence-corrected chi connectivity index (χ4v) is 1.65. The lowest BCUT2D eigenvalue weighted by Gasteiger charge is -2.24. The topological polar surface area (TPSA) is 41.1 Å². The summed E-state index contributed by atoms with van der Waals surface area (Å²) in [5.41, 5.74) is 1.01. The van der Waals surface area contributed by atoms with Gasteiger partial charge in [0.25, 0.3) is 0 Å². The maximum Gasteiger partial charge on any atom is 0.227 e. The summed E-state index contributed by atoms with van der Waals surface area (Å²) in [6.07, 6.45) is 0. The molecule has 0 atom stereocenters. The first-order chi connectivity index (χ1) is 7.85. The van der Waals surface area contributed by atoms with Gasteiger partial charge in [-0.25, -0.2) is 4.98 Å². The van der Waals surface area contributed by atoms with E-state index >= 15 is 0 Å². The average molecular weight is 236 g/mol. The van der Waals surface area contributed by atoms with E-state index in [-0.39, 0.29) is 5.54 Å². The molecule has 0 unspecified atom stereocenters. The second-order valence-corrected chi connectivity index (χ2v) is 5.24. The molecule has 1 heterocycles. The number of nitrogens with one attached hydrogen (secondary N) is 1. The highest BCUT2D eigenvalue weighted by molar-refractivity contribution is 5.44. The molecule has 4 heteroatoms. The van der Waals surface area contributed by atoms with Crippen molar-refractivity contribution in [2.75, 3.05) is 23.3 Å². The van der Waals surface area contributed by atoms with E-state index in [4.69, 9.17) is 0 Å². The van der Waals surface area contributed by atoms with Gasteiger partial charge in [-0.3, -0.25) is 0 Å². The molecule has 4 nitrogen and oxygen atoms in total. The zero-order valence-corrected chi connectivity index (χ0v) is 11.8. The molecule has 0 aliphatic rings. The molecule has 0 fully saturated rings. The summed E-state index contributed by atoms with van der Waals surface area (Å²) in [5.74, 6) is 1.70. The van der Waals surface area contributed by atoms with Gasteiger partial charge in [0, 0.05) is 30.4 Å². The van der Waals surface area contributed by atoms with Gasteiger partial charge in [0.05, 0.1) is 0 Å². The van der Waals surface area contributed by atoms with Gasteiger partial charge in [-0.15, -0.1) is 0 Å². The number of aryl methyl sites for hydroxylation is 1. The van der Waals surface area contributed by atoms with Gasteiger partial charge < -0.3 is 10.2 Å². The van der Waals surface area contributed by atoms with Crippen LogP contribution in [0, 0.1) is 6.92 Å². The van der Waals surface area contributed by atoms with Gasteiger partial charge in [0.1, 0.15) is 5.82 Å². The molecule has 0 aliphatic heterocycles. The van der Waals surface area contributed by atoms with Gasteiger partial charge in [-0.2, -0.15) is 4.98 Å². The molecule has 96 valence electrons. The quantitative estimate of drug-likeness (QED) is 0.872. The molecule has 0 bridgehead atoms. The highest BCUT2D eigenvalue weighted by Gasteiger charge is 2.13. The number of hydrogen-bond acceptors (Lipinski definition) is 4. The Balaban J connectivity index is 3.01. The Kier molecular flexibility index (Phi) is 4.32. The van der Waals surface area contributed by atoms with Crippen molar-refractivity contribution in [1.82, 2.24) is 9.97 Å². The van der Waals surface area contributed by atoms with Crippen LogP contribution in [0.2, 0.25) is 0 Å². The molecule has 17 heavy (non-hydrogen) atoms. The first-order valence-electron chi connectivity index (χ1n) is 6.24. The van der Waals surface area contributed by atoms with Crippen molar-refractivity contribution in [3.8, 4) is 0 Å². The molecule has 1 rings (SSSR count). The third-order valence-corrected chi connectivity index (χ3v) is 2.39. The molecule has 0 saturated heterocycles. The van der Waals surface area contributed by atoms with E-state index in [1.807, 2.05) is 13.0 Å². The van der Waals surface area contributed by atoms with Crippen molar-refractivity contribution in [2.24, 2.45) is 0 Å². The zero-order valence-electron chi connectivity index (χ0n) is 11.8. The summed E-state index contributed by atoms with van der Waals surface area (Å²) in [5, 5.41) is 3.39. The number of aromatic nitrogens is 2. The van der Waals surface area contributed by atoms with E-state index < -0.39 is 0 Å². The van der Waals surface area contributed by atoms with Crippen LogP contribution in [-0.2, 0) is 0 Å². The average Bonchev–Trinajstić information content (AvgIpc) is 2.15. The van der Waals surface area contributed by atoms with Gasteiger partial charge in [0.2, 0.25) is 5.95 Å². The summed E-state index contributed by atoms with van der Waals surface area (Å²) in [4.78, 5) is 11.2. The van der Waals surface area contributed by atoms with Crippen molar-refractivity contribution >= 4 is 11.8 Å². The predicted molar refractivity (Wildman–Crippen MR) is 73.7 cm³/mol. The molecule has 0 radical (unpaired) electrons. The third-order valence-electron chi connectivity index (χ3n) is 2.39. The Bertz CT molecular complexity index is 364. The largest absolute Gasteiger partial charge is 0.365 e. The van der Waals surface area contributed by atoms with E-state index in [0.717, 1.165) is 30.5 Å². The minimum atomic E-state index is 0.0152. The van der Waals surface area contributed by atoms with Crippen molar-refractivity contribution < 1.29 is 0 Å². The molecule has 1 N–H and O–H groups in total. The van der Waals surface area contributed by atoms with Crippen LogP contribution in [0.4, 0.5) is 11.8 Å². The smallest absolute Gasteiger partial charge is 0.227 e. The van der Waals surface area contributed by atoms with Crippen molar-refractivity contribution in [3.05, 3.63) is 11.8 Å². The molecular weight excluding hydrogens is 212 g/mol. The van der Waals surface area contributed by atoms with Crippen LogP contribution in [0.25, 0.3) is 0 Å². The molecular formula is C13H24N4. The molecule has 1 aromatic heterocycles. The number of nitrogens with zero attached hydrogens (tertiary/aromatic N) is 3. The van der Waals surface area contributed by atoms with E-state index in [9.17, 15) is 0 Å². The van der Waals surface area contributed by atoms with Gasteiger partial charge >= 0.3 is 0 Å². The van der Waals surface area contributed by atoms with E-state index in [0.29, 0.717) is 0 Å². The van der Waals surface area contributed by atoms with E-state index in [1.54, 1.807) is 0 Å². The van der Waals surface area contributed by atoms with Gasteiger partial charge in [-0.1, -0.05) is 0 Å².